The molecule has 74 valence electrons. The average Bonchev–Trinajstić information content (AvgIpc) is 2.14. The summed E-state index contributed by atoms with van der Waals surface area (Å²) in [6.45, 7) is 1.68. The van der Waals surface area contributed by atoms with Gasteiger partial charge in [-0.05, 0) is 25.2 Å². The van der Waals surface area contributed by atoms with Gasteiger partial charge in [0.05, 0.1) is 6.07 Å². The lowest BCUT2D eigenvalue weighted by atomic mass is 10.3. The summed E-state index contributed by atoms with van der Waals surface area (Å²) in [7, 11) is 0. The Balaban J connectivity index is 4.29. The highest BCUT2D eigenvalue weighted by atomic mass is 16.4. The van der Waals surface area contributed by atoms with Gasteiger partial charge in [0.1, 0.15) is 6.54 Å². The van der Waals surface area contributed by atoms with Gasteiger partial charge < -0.3 is 10.4 Å². The fraction of sp³-hybridized carbons (Fsp3) is 0.200. The maximum Gasteiger partial charge on any atom is 0.322 e. The molecule has 0 aliphatic heterocycles. The third kappa shape index (κ3) is 6.68. The molecule has 0 aliphatic carbocycles. The van der Waals surface area contributed by atoms with E-state index in [0.717, 1.165) is 0 Å². The summed E-state index contributed by atoms with van der Waals surface area (Å²) in [4.78, 5) is 10.3. The van der Waals surface area contributed by atoms with E-state index in [4.69, 9.17) is 10.4 Å². The summed E-state index contributed by atoms with van der Waals surface area (Å²) in [5, 5.41) is 19.3. The Kier molecular flexibility index (Phi) is 6.52. The standard InChI is InChI=1S/C10H12N2O2/c1-2-5-9(6-3-4-7-11)12-8-10(13)14/h2-6,12H,8H2,1H3,(H,13,14)/b4-3+,5-2-,9-6+. The lowest BCUT2D eigenvalue weighted by molar-refractivity contribution is -0.135. The van der Waals surface area contributed by atoms with E-state index in [1.165, 1.54) is 6.08 Å². The van der Waals surface area contributed by atoms with Crippen molar-refractivity contribution in [2.75, 3.05) is 6.54 Å². The van der Waals surface area contributed by atoms with Crippen molar-refractivity contribution in [3.05, 3.63) is 36.1 Å². The molecule has 0 radical (unpaired) electrons. The van der Waals surface area contributed by atoms with Gasteiger partial charge in [-0.15, -0.1) is 0 Å². The lowest BCUT2D eigenvalue weighted by Gasteiger charge is -2.02. The van der Waals surface area contributed by atoms with E-state index >= 15 is 0 Å². The van der Waals surface area contributed by atoms with Gasteiger partial charge in [-0.2, -0.15) is 5.26 Å². The van der Waals surface area contributed by atoms with Crippen LogP contribution in [0.3, 0.4) is 0 Å². The van der Waals surface area contributed by atoms with Crippen molar-refractivity contribution >= 4 is 5.97 Å². The van der Waals surface area contributed by atoms with E-state index < -0.39 is 5.97 Å². The topological polar surface area (TPSA) is 73.1 Å². The van der Waals surface area contributed by atoms with Crippen molar-refractivity contribution < 1.29 is 9.90 Å². The molecule has 0 fully saturated rings. The number of rotatable bonds is 5. The van der Waals surface area contributed by atoms with Gasteiger partial charge in [0, 0.05) is 11.8 Å². The van der Waals surface area contributed by atoms with E-state index in [1.54, 1.807) is 24.3 Å². The van der Waals surface area contributed by atoms with Crippen molar-refractivity contribution in [2.24, 2.45) is 0 Å². The van der Waals surface area contributed by atoms with Gasteiger partial charge in [-0.1, -0.05) is 6.08 Å². The van der Waals surface area contributed by atoms with E-state index in [-0.39, 0.29) is 6.54 Å². The third-order valence-electron chi connectivity index (χ3n) is 1.24. The summed E-state index contributed by atoms with van der Waals surface area (Å²) < 4.78 is 0. The van der Waals surface area contributed by atoms with Crippen LogP contribution < -0.4 is 5.32 Å². The maximum atomic E-state index is 10.3. The minimum absolute atomic E-state index is 0.142. The molecule has 0 atom stereocenters. The molecule has 0 heterocycles. The first kappa shape index (κ1) is 12.0. The monoisotopic (exact) mass is 192 g/mol. The molecule has 2 N–H and O–H groups in total. The van der Waals surface area contributed by atoms with Crippen molar-refractivity contribution in [3.8, 4) is 6.07 Å². The van der Waals surface area contributed by atoms with Gasteiger partial charge in [-0.3, -0.25) is 4.79 Å². The molecule has 14 heavy (non-hydrogen) atoms. The molecule has 0 rings (SSSR count). The second kappa shape index (κ2) is 7.62. The summed E-state index contributed by atoms with van der Waals surface area (Å²) in [5.74, 6) is -0.926. The first-order valence-electron chi connectivity index (χ1n) is 4.05. The first-order valence-corrected chi connectivity index (χ1v) is 4.05. The zero-order chi connectivity index (χ0) is 10.8. The molecule has 0 aromatic carbocycles. The fourth-order valence-corrected chi connectivity index (χ4v) is 0.725. The highest BCUT2D eigenvalue weighted by Gasteiger charge is 1.95. The van der Waals surface area contributed by atoms with Crippen molar-refractivity contribution in [2.45, 2.75) is 6.92 Å². The van der Waals surface area contributed by atoms with Gasteiger partial charge in [-0.25, -0.2) is 0 Å². The molecular weight excluding hydrogens is 180 g/mol. The Morgan fingerprint density at radius 2 is 2.36 bits per heavy atom. The summed E-state index contributed by atoms with van der Waals surface area (Å²) in [5.41, 5.74) is 0.654. The Bertz CT molecular complexity index is 309. The normalized spacial score (nSPS) is 11.9. The quantitative estimate of drug-likeness (QED) is 0.507. The number of hydrogen-bond acceptors (Lipinski definition) is 3. The zero-order valence-electron chi connectivity index (χ0n) is 7.90. The minimum atomic E-state index is -0.926. The predicted octanol–water partition coefficient (Wildman–Crippen LogP) is 1.20. The molecule has 0 amide bonds. The van der Waals surface area contributed by atoms with Crippen LogP contribution in [0.2, 0.25) is 0 Å². The largest absolute Gasteiger partial charge is 0.480 e. The number of aliphatic carboxylic acids is 1. The third-order valence-corrected chi connectivity index (χ3v) is 1.24. The SMILES string of the molecule is C\C=C/C(=C\C=C\C#N)NCC(=O)O. The van der Waals surface area contributed by atoms with Crippen molar-refractivity contribution in [1.29, 1.82) is 5.26 Å². The Morgan fingerprint density at radius 3 is 2.86 bits per heavy atom. The highest BCUT2D eigenvalue weighted by molar-refractivity contribution is 5.69. The van der Waals surface area contributed by atoms with Crippen LogP contribution in [0.5, 0.6) is 0 Å². The van der Waals surface area contributed by atoms with Crippen LogP contribution in [0.4, 0.5) is 0 Å². The number of carbonyl (C=O) groups is 1. The second-order valence-corrected chi connectivity index (χ2v) is 2.36. The Labute approximate surface area is 82.9 Å². The number of carboxylic acids is 1. The molecule has 0 spiro atoms. The molecule has 0 aliphatic rings. The number of allylic oxidation sites excluding steroid dienone is 5. The van der Waals surface area contributed by atoms with Gasteiger partial charge >= 0.3 is 5.97 Å². The van der Waals surface area contributed by atoms with Crippen LogP contribution in [-0.2, 0) is 4.79 Å². The Morgan fingerprint density at radius 1 is 1.64 bits per heavy atom. The number of carboxylic acid groups (broad SMARTS) is 1. The van der Waals surface area contributed by atoms with Gasteiger partial charge in [0.2, 0.25) is 0 Å². The molecule has 0 unspecified atom stereocenters. The molecule has 0 aromatic heterocycles. The van der Waals surface area contributed by atoms with Crippen LogP contribution in [0.25, 0.3) is 0 Å². The number of hydrogen-bond donors (Lipinski definition) is 2. The maximum absolute atomic E-state index is 10.3. The highest BCUT2D eigenvalue weighted by Crippen LogP contribution is 1.92. The minimum Gasteiger partial charge on any atom is -0.480 e. The number of nitrogens with zero attached hydrogens (tertiary/aromatic N) is 1. The molecule has 4 heteroatoms. The zero-order valence-corrected chi connectivity index (χ0v) is 7.90. The van der Waals surface area contributed by atoms with Crippen LogP contribution in [0, 0.1) is 11.3 Å². The molecule has 0 aromatic rings. The number of nitriles is 1. The van der Waals surface area contributed by atoms with Crippen LogP contribution in [0.1, 0.15) is 6.92 Å². The molecule has 0 saturated carbocycles. The summed E-state index contributed by atoms with van der Waals surface area (Å²) in [6, 6.07) is 1.84. The second-order valence-electron chi connectivity index (χ2n) is 2.36. The van der Waals surface area contributed by atoms with Crippen LogP contribution in [0.15, 0.2) is 36.1 Å². The Hall–Kier alpha value is -2.02. The fourth-order valence-electron chi connectivity index (χ4n) is 0.725. The van der Waals surface area contributed by atoms with Crippen LogP contribution in [-0.4, -0.2) is 17.6 Å². The van der Waals surface area contributed by atoms with E-state index in [0.29, 0.717) is 5.70 Å². The molecule has 0 saturated heterocycles. The summed E-state index contributed by atoms with van der Waals surface area (Å²) in [6.07, 6.45) is 7.99. The molecule has 0 bridgehead atoms. The summed E-state index contributed by atoms with van der Waals surface area (Å²) >= 11 is 0. The molecular formula is C10H12N2O2. The predicted molar refractivity (Wildman–Crippen MR) is 53.3 cm³/mol. The van der Waals surface area contributed by atoms with Gasteiger partial charge in [0.25, 0.3) is 0 Å². The smallest absolute Gasteiger partial charge is 0.322 e. The van der Waals surface area contributed by atoms with E-state index in [9.17, 15) is 4.79 Å². The van der Waals surface area contributed by atoms with Gasteiger partial charge in [0.15, 0.2) is 0 Å². The van der Waals surface area contributed by atoms with Crippen LogP contribution >= 0.6 is 0 Å². The van der Waals surface area contributed by atoms with Crippen molar-refractivity contribution in [3.63, 3.8) is 0 Å². The van der Waals surface area contributed by atoms with E-state index in [2.05, 4.69) is 5.32 Å². The lowest BCUT2D eigenvalue weighted by Crippen LogP contribution is -2.20. The first-order chi connectivity index (χ1) is 6.70. The van der Waals surface area contributed by atoms with Crippen molar-refractivity contribution in [1.82, 2.24) is 5.32 Å². The average molecular weight is 192 g/mol. The van der Waals surface area contributed by atoms with E-state index in [1.807, 2.05) is 13.0 Å². The number of nitrogens with one attached hydrogen (secondary N) is 1. The molecule has 4 nitrogen and oxygen atoms in total.